The molecule has 0 aromatic carbocycles. The predicted molar refractivity (Wildman–Crippen MR) is 88.0 cm³/mol. The average Bonchev–Trinajstić information content (AvgIpc) is 3.07. The molecule has 0 N–H and O–H groups in total. The fourth-order valence-electron chi connectivity index (χ4n) is 4.22. The first-order valence-electron chi connectivity index (χ1n) is 8.60. The lowest BCUT2D eigenvalue weighted by atomic mass is 9.95. The van der Waals surface area contributed by atoms with Gasteiger partial charge in [0.05, 0.1) is 42.2 Å². The molecule has 0 radical (unpaired) electrons. The molecule has 3 aliphatic rings. The Kier molecular flexibility index (Phi) is 4.73. The van der Waals surface area contributed by atoms with Crippen molar-refractivity contribution in [1.29, 1.82) is 0 Å². The Morgan fingerprint density at radius 2 is 2.00 bits per heavy atom. The van der Waals surface area contributed by atoms with E-state index in [4.69, 9.17) is 4.74 Å². The van der Waals surface area contributed by atoms with Crippen molar-refractivity contribution in [2.24, 2.45) is 5.92 Å². The van der Waals surface area contributed by atoms with Crippen molar-refractivity contribution < 1.29 is 17.9 Å². The molecule has 2 atom stereocenters. The van der Waals surface area contributed by atoms with E-state index in [0.29, 0.717) is 19.6 Å². The molecule has 0 bridgehead atoms. The maximum atomic E-state index is 13.0. The van der Waals surface area contributed by atoms with Gasteiger partial charge in [-0.3, -0.25) is 4.79 Å². The number of rotatable bonds is 3. The van der Waals surface area contributed by atoms with Gasteiger partial charge in [-0.15, -0.1) is 0 Å². The third-order valence-corrected chi connectivity index (χ3v) is 7.20. The van der Waals surface area contributed by atoms with Gasteiger partial charge in [0.2, 0.25) is 5.91 Å². The Hall–Kier alpha value is -0.660. The molecule has 3 fully saturated rings. The summed E-state index contributed by atoms with van der Waals surface area (Å²) < 4.78 is 29.7. The van der Waals surface area contributed by atoms with Gasteiger partial charge in [-0.1, -0.05) is 12.8 Å². The Morgan fingerprint density at radius 1 is 1.30 bits per heavy atom. The van der Waals surface area contributed by atoms with Crippen LogP contribution in [0.25, 0.3) is 0 Å². The lowest BCUT2D eigenvalue weighted by molar-refractivity contribution is -0.165. The minimum atomic E-state index is -3.04. The number of amides is 1. The molecule has 6 nitrogen and oxygen atoms in total. The van der Waals surface area contributed by atoms with Crippen molar-refractivity contribution in [2.75, 3.05) is 45.3 Å². The molecule has 1 aliphatic carbocycles. The summed E-state index contributed by atoms with van der Waals surface area (Å²) in [6.45, 7) is 1.94. The zero-order chi connectivity index (χ0) is 16.7. The summed E-state index contributed by atoms with van der Waals surface area (Å²) in [4.78, 5) is 17.0. The van der Waals surface area contributed by atoms with E-state index in [9.17, 15) is 13.2 Å². The minimum absolute atomic E-state index is 0.0187. The van der Waals surface area contributed by atoms with Gasteiger partial charge >= 0.3 is 0 Å². The van der Waals surface area contributed by atoms with Crippen LogP contribution in [0.4, 0.5) is 0 Å². The Morgan fingerprint density at radius 3 is 2.57 bits per heavy atom. The van der Waals surface area contributed by atoms with Crippen LogP contribution in [0.15, 0.2) is 0 Å². The van der Waals surface area contributed by atoms with E-state index in [0.717, 1.165) is 32.2 Å². The van der Waals surface area contributed by atoms with E-state index < -0.39 is 9.84 Å². The van der Waals surface area contributed by atoms with Gasteiger partial charge in [0.15, 0.2) is 9.84 Å². The summed E-state index contributed by atoms with van der Waals surface area (Å²) >= 11 is 0. The lowest BCUT2D eigenvalue weighted by Gasteiger charge is -2.46. The number of carbonyl (C=O) groups is 1. The largest absolute Gasteiger partial charge is 0.371 e. The van der Waals surface area contributed by atoms with E-state index in [1.54, 1.807) is 0 Å². The number of morpholine rings is 1. The van der Waals surface area contributed by atoms with E-state index in [-0.39, 0.29) is 35.0 Å². The minimum Gasteiger partial charge on any atom is -0.371 e. The SMILES string of the molecule is CN(C)CC1COC2(CCCC2)CN1C(=O)C1CCS(=O)(=O)C1. The van der Waals surface area contributed by atoms with Gasteiger partial charge in [-0.05, 0) is 33.4 Å². The second-order valence-corrected chi connectivity index (χ2v) is 9.91. The fraction of sp³-hybridized carbons (Fsp3) is 0.938. The summed E-state index contributed by atoms with van der Waals surface area (Å²) in [6.07, 6.45) is 4.79. The van der Waals surface area contributed by atoms with Crippen LogP contribution < -0.4 is 0 Å². The number of sulfone groups is 1. The van der Waals surface area contributed by atoms with Crippen LogP contribution >= 0.6 is 0 Å². The van der Waals surface area contributed by atoms with Crippen LogP contribution in [-0.2, 0) is 19.4 Å². The molecular formula is C16H28N2O4S. The third kappa shape index (κ3) is 3.72. The number of hydrogen-bond donors (Lipinski definition) is 0. The standard InChI is InChI=1S/C16H28N2O4S/c1-17(2)9-14-10-22-16(6-3-4-7-16)12-18(14)15(19)13-5-8-23(20,21)11-13/h13-14H,3-12H2,1-2H3. The Labute approximate surface area is 139 Å². The summed E-state index contributed by atoms with van der Waals surface area (Å²) in [5, 5.41) is 0. The molecule has 1 spiro atoms. The normalized spacial score (nSPS) is 32.7. The molecular weight excluding hydrogens is 316 g/mol. The molecule has 132 valence electrons. The molecule has 1 amide bonds. The molecule has 3 rings (SSSR count). The van der Waals surface area contributed by atoms with Gasteiger partial charge in [-0.25, -0.2) is 8.42 Å². The van der Waals surface area contributed by atoms with Crippen molar-refractivity contribution in [1.82, 2.24) is 9.80 Å². The van der Waals surface area contributed by atoms with E-state index >= 15 is 0 Å². The zero-order valence-electron chi connectivity index (χ0n) is 14.2. The lowest BCUT2D eigenvalue weighted by Crippen LogP contribution is -2.61. The number of likely N-dealkylation sites (N-methyl/N-ethyl adjacent to an activating group) is 1. The quantitative estimate of drug-likeness (QED) is 0.747. The van der Waals surface area contributed by atoms with Crippen LogP contribution in [0.3, 0.4) is 0 Å². The summed E-state index contributed by atoms with van der Waals surface area (Å²) in [5.74, 6) is -0.170. The van der Waals surface area contributed by atoms with Crippen LogP contribution in [0.1, 0.15) is 32.1 Å². The highest BCUT2D eigenvalue weighted by Crippen LogP contribution is 2.38. The summed E-state index contributed by atoms with van der Waals surface area (Å²) in [5.41, 5.74) is -0.185. The monoisotopic (exact) mass is 344 g/mol. The first-order valence-corrected chi connectivity index (χ1v) is 10.4. The highest BCUT2D eigenvalue weighted by Gasteiger charge is 2.46. The number of carbonyl (C=O) groups excluding carboxylic acids is 1. The molecule has 0 aromatic rings. The van der Waals surface area contributed by atoms with Crippen LogP contribution in [0.5, 0.6) is 0 Å². The fourth-order valence-corrected chi connectivity index (χ4v) is 5.96. The van der Waals surface area contributed by atoms with E-state index in [1.165, 1.54) is 0 Å². The van der Waals surface area contributed by atoms with Gasteiger partial charge in [0.1, 0.15) is 0 Å². The van der Waals surface area contributed by atoms with Crippen molar-refractivity contribution in [3.05, 3.63) is 0 Å². The van der Waals surface area contributed by atoms with Gasteiger partial charge in [0, 0.05) is 6.54 Å². The summed E-state index contributed by atoms with van der Waals surface area (Å²) in [6, 6.07) is 0.0204. The third-order valence-electron chi connectivity index (χ3n) is 5.44. The molecule has 0 aromatic heterocycles. The van der Waals surface area contributed by atoms with Gasteiger partial charge < -0.3 is 14.5 Å². The molecule has 7 heteroatoms. The zero-order valence-corrected chi connectivity index (χ0v) is 15.0. The molecule has 2 unspecified atom stereocenters. The van der Waals surface area contributed by atoms with E-state index in [1.807, 2.05) is 19.0 Å². The Balaban J connectivity index is 1.76. The second-order valence-electron chi connectivity index (χ2n) is 7.68. The highest BCUT2D eigenvalue weighted by molar-refractivity contribution is 7.91. The molecule has 2 heterocycles. The maximum Gasteiger partial charge on any atom is 0.227 e. The van der Waals surface area contributed by atoms with Crippen molar-refractivity contribution >= 4 is 15.7 Å². The predicted octanol–water partition coefficient (Wildman–Crippen LogP) is 0.523. The topological polar surface area (TPSA) is 66.9 Å². The van der Waals surface area contributed by atoms with Crippen molar-refractivity contribution in [2.45, 2.75) is 43.7 Å². The highest BCUT2D eigenvalue weighted by atomic mass is 32.2. The molecule has 2 aliphatic heterocycles. The molecule has 1 saturated carbocycles. The van der Waals surface area contributed by atoms with Crippen LogP contribution in [0.2, 0.25) is 0 Å². The van der Waals surface area contributed by atoms with E-state index in [2.05, 4.69) is 4.90 Å². The van der Waals surface area contributed by atoms with Crippen LogP contribution in [0, 0.1) is 5.92 Å². The van der Waals surface area contributed by atoms with Crippen molar-refractivity contribution in [3.8, 4) is 0 Å². The smallest absolute Gasteiger partial charge is 0.227 e. The maximum absolute atomic E-state index is 13.0. The number of nitrogens with zero attached hydrogens (tertiary/aromatic N) is 2. The van der Waals surface area contributed by atoms with Gasteiger partial charge in [0.25, 0.3) is 0 Å². The molecule has 2 saturated heterocycles. The van der Waals surface area contributed by atoms with Crippen LogP contribution in [-0.4, -0.2) is 81.1 Å². The van der Waals surface area contributed by atoms with Crippen molar-refractivity contribution in [3.63, 3.8) is 0 Å². The molecule has 23 heavy (non-hydrogen) atoms. The van der Waals surface area contributed by atoms with Gasteiger partial charge in [-0.2, -0.15) is 0 Å². The second kappa shape index (κ2) is 6.33. The first kappa shape index (κ1) is 17.2. The number of hydrogen-bond acceptors (Lipinski definition) is 5. The summed E-state index contributed by atoms with van der Waals surface area (Å²) in [7, 11) is 0.941. The average molecular weight is 344 g/mol. The first-order chi connectivity index (χ1) is 10.8. The Bertz CT molecular complexity index is 554. The number of ether oxygens (including phenoxy) is 1.